The number of anilines is 3. The van der Waals surface area contributed by atoms with Gasteiger partial charge in [-0.2, -0.15) is 0 Å². The SMILES string of the molecule is c1ccc(N2c3ccccc3-c3ccccc3-n3c2nc2ccccc23)cc1. The molecule has 132 valence electrons. The van der Waals surface area contributed by atoms with Crippen LogP contribution >= 0.6 is 0 Å². The molecule has 3 heteroatoms. The average molecular weight is 359 g/mol. The van der Waals surface area contributed by atoms with Crippen molar-refractivity contribution in [2.24, 2.45) is 0 Å². The highest BCUT2D eigenvalue weighted by Gasteiger charge is 2.28. The van der Waals surface area contributed by atoms with Crippen molar-refractivity contribution in [2.75, 3.05) is 4.90 Å². The second-order valence-corrected chi connectivity index (χ2v) is 6.94. The lowest BCUT2D eigenvalue weighted by Crippen LogP contribution is -2.13. The number of fused-ring (bicyclic) bond motifs is 7. The van der Waals surface area contributed by atoms with Gasteiger partial charge in [-0.05, 0) is 36.4 Å². The maximum absolute atomic E-state index is 5.06. The minimum Gasteiger partial charge on any atom is -0.280 e. The van der Waals surface area contributed by atoms with Crippen molar-refractivity contribution >= 4 is 28.4 Å². The fourth-order valence-corrected chi connectivity index (χ4v) is 4.13. The standard InChI is InChI=1S/C25H17N3/c1-2-10-18(11-3-1)27-22-15-7-4-12-19(22)20-13-5-8-16-23(20)28-24-17-9-6-14-21(24)26-25(27)28/h1-17H. The first-order valence-corrected chi connectivity index (χ1v) is 9.43. The average Bonchev–Trinajstić information content (AvgIpc) is 3.08. The van der Waals surface area contributed by atoms with Crippen LogP contribution in [-0.2, 0) is 0 Å². The highest BCUT2D eigenvalue weighted by molar-refractivity contribution is 5.96. The highest BCUT2D eigenvalue weighted by Crippen LogP contribution is 2.47. The Morgan fingerprint density at radius 3 is 1.96 bits per heavy atom. The minimum atomic E-state index is 0.907. The van der Waals surface area contributed by atoms with E-state index in [1.165, 1.54) is 11.1 Å². The summed E-state index contributed by atoms with van der Waals surface area (Å²) in [7, 11) is 0. The zero-order chi connectivity index (χ0) is 18.5. The third-order valence-corrected chi connectivity index (χ3v) is 5.34. The molecule has 4 aromatic carbocycles. The van der Waals surface area contributed by atoms with Crippen LogP contribution < -0.4 is 4.90 Å². The van der Waals surface area contributed by atoms with Gasteiger partial charge in [0.15, 0.2) is 0 Å². The van der Waals surface area contributed by atoms with E-state index >= 15 is 0 Å². The molecule has 0 aliphatic carbocycles. The molecule has 0 unspecified atom stereocenters. The lowest BCUT2D eigenvalue weighted by molar-refractivity contribution is 1.05. The third-order valence-electron chi connectivity index (χ3n) is 5.34. The number of benzene rings is 4. The summed E-state index contributed by atoms with van der Waals surface area (Å²) < 4.78 is 2.28. The number of imidazole rings is 1. The molecule has 1 aliphatic rings. The quantitative estimate of drug-likeness (QED) is 0.335. The Hall–Kier alpha value is -3.85. The summed E-state index contributed by atoms with van der Waals surface area (Å²) in [5, 5.41) is 0. The molecule has 0 amide bonds. The molecule has 5 aromatic rings. The molecule has 28 heavy (non-hydrogen) atoms. The molecule has 3 nitrogen and oxygen atoms in total. The third kappa shape index (κ3) is 2.07. The lowest BCUT2D eigenvalue weighted by atomic mass is 10.0. The monoisotopic (exact) mass is 359 g/mol. The lowest BCUT2D eigenvalue weighted by Gasteiger charge is -2.24. The molecule has 0 spiro atoms. The number of hydrogen-bond acceptors (Lipinski definition) is 2. The fourth-order valence-electron chi connectivity index (χ4n) is 4.13. The van der Waals surface area contributed by atoms with E-state index in [9.17, 15) is 0 Å². The summed E-state index contributed by atoms with van der Waals surface area (Å²) in [6.07, 6.45) is 0. The van der Waals surface area contributed by atoms with E-state index in [-0.39, 0.29) is 0 Å². The van der Waals surface area contributed by atoms with E-state index in [0.29, 0.717) is 0 Å². The summed E-state index contributed by atoms with van der Waals surface area (Å²) >= 11 is 0. The van der Waals surface area contributed by atoms with Gasteiger partial charge in [0, 0.05) is 16.8 Å². The summed E-state index contributed by atoms with van der Waals surface area (Å²) in [4.78, 5) is 7.32. The molecular formula is C25H17N3. The Morgan fingerprint density at radius 1 is 0.536 bits per heavy atom. The van der Waals surface area contributed by atoms with Crippen LogP contribution in [0.4, 0.5) is 17.3 Å². The van der Waals surface area contributed by atoms with Crippen molar-refractivity contribution in [3.63, 3.8) is 0 Å². The highest BCUT2D eigenvalue weighted by atomic mass is 15.3. The van der Waals surface area contributed by atoms with Gasteiger partial charge in [0.1, 0.15) is 0 Å². The van der Waals surface area contributed by atoms with Gasteiger partial charge in [-0.15, -0.1) is 0 Å². The smallest absolute Gasteiger partial charge is 0.220 e. The molecule has 0 atom stereocenters. The van der Waals surface area contributed by atoms with Crippen molar-refractivity contribution in [3.8, 4) is 16.8 Å². The van der Waals surface area contributed by atoms with Crippen molar-refractivity contribution in [1.29, 1.82) is 0 Å². The Bertz CT molecular complexity index is 1320. The van der Waals surface area contributed by atoms with E-state index in [2.05, 4.69) is 100 Å². The largest absolute Gasteiger partial charge is 0.280 e. The van der Waals surface area contributed by atoms with E-state index in [1.807, 2.05) is 12.1 Å². The predicted octanol–water partition coefficient (Wildman–Crippen LogP) is 6.48. The van der Waals surface area contributed by atoms with Gasteiger partial charge in [-0.1, -0.05) is 66.7 Å². The van der Waals surface area contributed by atoms with Crippen LogP contribution in [0.2, 0.25) is 0 Å². The van der Waals surface area contributed by atoms with Crippen LogP contribution in [0.1, 0.15) is 0 Å². The number of aromatic nitrogens is 2. The van der Waals surface area contributed by atoms with Gasteiger partial charge in [-0.25, -0.2) is 4.98 Å². The summed E-state index contributed by atoms with van der Waals surface area (Å²) in [6, 6.07) is 35.9. The van der Waals surface area contributed by atoms with Crippen molar-refractivity contribution in [3.05, 3.63) is 103 Å². The molecule has 1 aromatic heterocycles. The molecule has 1 aliphatic heterocycles. The summed E-state index contributed by atoms with van der Waals surface area (Å²) in [6.45, 7) is 0. The number of hydrogen-bond donors (Lipinski definition) is 0. The second-order valence-electron chi connectivity index (χ2n) is 6.94. The molecule has 2 heterocycles. The molecule has 0 fully saturated rings. The van der Waals surface area contributed by atoms with Crippen LogP contribution in [-0.4, -0.2) is 9.55 Å². The number of para-hydroxylation sites is 5. The zero-order valence-electron chi connectivity index (χ0n) is 15.2. The molecule has 0 bridgehead atoms. The maximum atomic E-state index is 5.06. The van der Waals surface area contributed by atoms with Crippen molar-refractivity contribution < 1.29 is 0 Å². The van der Waals surface area contributed by atoms with E-state index in [4.69, 9.17) is 4.98 Å². The van der Waals surface area contributed by atoms with Gasteiger partial charge < -0.3 is 0 Å². The topological polar surface area (TPSA) is 21.1 Å². The first kappa shape index (κ1) is 15.2. The Kier molecular flexibility index (Phi) is 3.17. The zero-order valence-corrected chi connectivity index (χ0v) is 15.2. The van der Waals surface area contributed by atoms with E-state index in [1.54, 1.807) is 0 Å². The molecule has 0 saturated carbocycles. The van der Waals surface area contributed by atoms with E-state index < -0.39 is 0 Å². The summed E-state index contributed by atoms with van der Waals surface area (Å²) in [5.41, 5.74) is 7.90. The van der Waals surface area contributed by atoms with Gasteiger partial charge in [0.25, 0.3) is 0 Å². The molecule has 0 saturated heterocycles. The van der Waals surface area contributed by atoms with Crippen LogP contribution in [0.25, 0.3) is 27.8 Å². The van der Waals surface area contributed by atoms with Gasteiger partial charge in [0.2, 0.25) is 5.95 Å². The van der Waals surface area contributed by atoms with Crippen molar-refractivity contribution in [1.82, 2.24) is 9.55 Å². The van der Waals surface area contributed by atoms with Gasteiger partial charge in [-0.3, -0.25) is 9.47 Å². The Morgan fingerprint density at radius 2 is 1.14 bits per heavy atom. The van der Waals surface area contributed by atoms with Crippen LogP contribution in [0.15, 0.2) is 103 Å². The predicted molar refractivity (Wildman–Crippen MR) is 115 cm³/mol. The molecule has 6 rings (SSSR count). The van der Waals surface area contributed by atoms with Gasteiger partial charge in [0.05, 0.1) is 22.4 Å². The molecule has 0 N–H and O–H groups in total. The normalized spacial score (nSPS) is 12.2. The molecular weight excluding hydrogens is 342 g/mol. The van der Waals surface area contributed by atoms with E-state index in [0.717, 1.165) is 34.0 Å². The minimum absolute atomic E-state index is 0.907. The Balaban J connectivity index is 1.81. The number of nitrogens with zero attached hydrogens (tertiary/aromatic N) is 3. The van der Waals surface area contributed by atoms with Gasteiger partial charge >= 0.3 is 0 Å². The van der Waals surface area contributed by atoms with Crippen LogP contribution in [0.3, 0.4) is 0 Å². The first-order chi connectivity index (χ1) is 13.9. The maximum Gasteiger partial charge on any atom is 0.220 e. The Labute approximate surface area is 163 Å². The van der Waals surface area contributed by atoms with Crippen LogP contribution in [0, 0.1) is 0 Å². The summed E-state index contributed by atoms with van der Waals surface area (Å²) in [5.74, 6) is 0.907. The fraction of sp³-hybridized carbons (Fsp3) is 0. The number of rotatable bonds is 1. The molecule has 0 radical (unpaired) electrons. The van der Waals surface area contributed by atoms with Crippen molar-refractivity contribution in [2.45, 2.75) is 0 Å². The van der Waals surface area contributed by atoms with Crippen LogP contribution in [0.5, 0.6) is 0 Å². The first-order valence-electron chi connectivity index (χ1n) is 9.43. The second kappa shape index (κ2) is 5.83.